The maximum absolute atomic E-state index is 12.0. The Morgan fingerprint density at radius 1 is 1.12 bits per heavy atom. The van der Waals surface area contributed by atoms with Gasteiger partial charge in [-0.2, -0.15) is 17.4 Å². The van der Waals surface area contributed by atoms with Crippen LogP contribution in [-0.4, -0.2) is 44.9 Å². The zero-order valence-electron chi connectivity index (χ0n) is 9.61. The smallest absolute Gasteiger partial charge is 0.279 e. The highest BCUT2D eigenvalue weighted by Gasteiger charge is 2.27. The highest BCUT2D eigenvalue weighted by Crippen LogP contribution is 2.13. The van der Waals surface area contributed by atoms with Crippen molar-refractivity contribution >= 4 is 10.2 Å². The molecule has 94 valence electrons. The number of nitrogens with zero attached hydrogens (tertiary/aromatic N) is 1. The third-order valence-electron chi connectivity index (χ3n) is 3.27. The number of piperidine rings is 2. The van der Waals surface area contributed by atoms with Crippen molar-refractivity contribution in [2.45, 2.75) is 38.1 Å². The lowest BCUT2D eigenvalue weighted by atomic mass is 10.1. The molecule has 5 nitrogen and oxygen atoms in total. The van der Waals surface area contributed by atoms with E-state index < -0.39 is 10.2 Å². The van der Waals surface area contributed by atoms with E-state index in [-0.39, 0.29) is 6.04 Å². The highest BCUT2D eigenvalue weighted by molar-refractivity contribution is 7.87. The Labute approximate surface area is 97.8 Å². The van der Waals surface area contributed by atoms with Gasteiger partial charge in [-0.05, 0) is 32.2 Å². The summed E-state index contributed by atoms with van der Waals surface area (Å²) < 4.78 is 28.5. The van der Waals surface area contributed by atoms with E-state index in [1.165, 1.54) is 0 Å². The summed E-state index contributed by atoms with van der Waals surface area (Å²) in [6, 6.07) is 0.0701. The summed E-state index contributed by atoms with van der Waals surface area (Å²) in [6.45, 7) is 3.11. The Morgan fingerprint density at radius 2 is 1.88 bits per heavy atom. The Kier molecular flexibility index (Phi) is 4.18. The van der Waals surface area contributed by atoms with Gasteiger partial charge in [-0.3, -0.25) is 0 Å². The average molecular weight is 247 g/mol. The largest absolute Gasteiger partial charge is 0.315 e. The van der Waals surface area contributed by atoms with Crippen molar-refractivity contribution in [3.05, 3.63) is 0 Å². The van der Waals surface area contributed by atoms with Crippen molar-refractivity contribution in [2.24, 2.45) is 0 Å². The van der Waals surface area contributed by atoms with Crippen LogP contribution in [0.2, 0.25) is 0 Å². The Morgan fingerprint density at radius 3 is 2.50 bits per heavy atom. The molecule has 6 heteroatoms. The first-order chi connectivity index (χ1) is 7.68. The second kappa shape index (κ2) is 5.44. The second-order valence-electron chi connectivity index (χ2n) is 4.63. The Balaban J connectivity index is 1.90. The molecular weight excluding hydrogens is 226 g/mol. The lowest BCUT2D eigenvalue weighted by Crippen LogP contribution is -2.51. The zero-order valence-corrected chi connectivity index (χ0v) is 10.4. The summed E-state index contributed by atoms with van der Waals surface area (Å²) in [5.41, 5.74) is 0. The lowest BCUT2D eigenvalue weighted by Gasteiger charge is -2.30. The molecular formula is C10H21N3O2S. The molecule has 2 saturated heterocycles. The summed E-state index contributed by atoms with van der Waals surface area (Å²) in [5, 5.41) is 3.21. The van der Waals surface area contributed by atoms with E-state index in [9.17, 15) is 8.42 Å². The molecule has 1 atom stereocenters. The Bertz CT molecular complexity index is 306. The van der Waals surface area contributed by atoms with Gasteiger partial charge in [-0.15, -0.1) is 0 Å². The van der Waals surface area contributed by atoms with Gasteiger partial charge in [-0.25, -0.2) is 0 Å². The first kappa shape index (κ1) is 12.3. The molecule has 0 aromatic carbocycles. The summed E-state index contributed by atoms with van der Waals surface area (Å²) in [6.07, 6.45) is 5.12. The fraction of sp³-hybridized carbons (Fsp3) is 1.00. The third kappa shape index (κ3) is 3.16. The first-order valence-electron chi connectivity index (χ1n) is 6.16. The molecule has 2 fully saturated rings. The van der Waals surface area contributed by atoms with Crippen molar-refractivity contribution in [3.63, 3.8) is 0 Å². The van der Waals surface area contributed by atoms with E-state index in [4.69, 9.17) is 0 Å². The van der Waals surface area contributed by atoms with Crippen molar-refractivity contribution in [3.8, 4) is 0 Å². The fourth-order valence-corrected chi connectivity index (χ4v) is 3.85. The van der Waals surface area contributed by atoms with Crippen LogP contribution >= 0.6 is 0 Å². The molecule has 0 saturated carbocycles. The first-order valence-corrected chi connectivity index (χ1v) is 7.60. The van der Waals surface area contributed by atoms with E-state index >= 15 is 0 Å². The molecule has 16 heavy (non-hydrogen) atoms. The molecule has 1 unspecified atom stereocenters. The molecule has 2 aliphatic rings. The monoisotopic (exact) mass is 247 g/mol. The van der Waals surface area contributed by atoms with E-state index in [0.717, 1.165) is 45.2 Å². The predicted octanol–water partition coefficient (Wildman–Crippen LogP) is 0.0587. The molecule has 2 heterocycles. The quantitative estimate of drug-likeness (QED) is 0.741. The van der Waals surface area contributed by atoms with Crippen LogP contribution < -0.4 is 10.0 Å². The van der Waals surface area contributed by atoms with Gasteiger partial charge >= 0.3 is 0 Å². The summed E-state index contributed by atoms with van der Waals surface area (Å²) in [4.78, 5) is 0. The van der Waals surface area contributed by atoms with Crippen molar-refractivity contribution in [1.82, 2.24) is 14.3 Å². The van der Waals surface area contributed by atoms with Crippen LogP contribution in [0.4, 0.5) is 0 Å². The molecule has 0 amide bonds. The van der Waals surface area contributed by atoms with E-state index in [1.807, 2.05) is 0 Å². The normalized spacial score (nSPS) is 29.1. The van der Waals surface area contributed by atoms with Crippen molar-refractivity contribution < 1.29 is 8.42 Å². The van der Waals surface area contributed by atoms with E-state index in [1.54, 1.807) is 4.31 Å². The molecule has 2 rings (SSSR count). The van der Waals surface area contributed by atoms with Gasteiger partial charge in [0.05, 0.1) is 0 Å². The van der Waals surface area contributed by atoms with Crippen LogP contribution in [0.1, 0.15) is 32.1 Å². The number of hydrogen-bond acceptors (Lipinski definition) is 3. The van der Waals surface area contributed by atoms with Crippen LogP contribution in [0.25, 0.3) is 0 Å². The molecule has 0 aromatic rings. The molecule has 0 radical (unpaired) electrons. The van der Waals surface area contributed by atoms with Gasteiger partial charge in [-0.1, -0.05) is 6.42 Å². The molecule has 0 aliphatic carbocycles. The zero-order chi connectivity index (χ0) is 11.4. The Hall–Kier alpha value is -0.170. The second-order valence-corrected chi connectivity index (χ2v) is 6.33. The van der Waals surface area contributed by atoms with Gasteiger partial charge in [0.15, 0.2) is 0 Å². The maximum atomic E-state index is 12.0. The SMILES string of the molecule is O=S(=O)(NC1CCCNC1)N1CCCCC1. The van der Waals surface area contributed by atoms with Gasteiger partial charge < -0.3 is 5.32 Å². The minimum absolute atomic E-state index is 0.0701. The van der Waals surface area contributed by atoms with Crippen molar-refractivity contribution in [1.29, 1.82) is 0 Å². The summed E-state index contributed by atoms with van der Waals surface area (Å²) in [7, 11) is -3.24. The minimum Gasteiger partial charge on any atom is -0.315 e. The van der Waals surface area contributed by atoms with Crippen LogP contribution in [-0.2, 0) is 10.2 Å². The topological polar surface area (TPSA) is 61.4 Å². The number of nitrogens with one attached hydrogen (secondary N) is 2. The summed E-state index contributed by atoms with van der Waals surface area (Å²) >= 11 is 0. The van der Waals surface area contributed by atoms with Gasteiger partial charge in [0.1, 0.15) is 0 Å². The van der Waals surface area contributed by atoms with Crippen LogP contribution in [0.3, 0.4) is 0 Å². The lowest BCUT2D eigenvalue weighted by molar-refractivity contribution is 0.332. The van der Waals surface area contributed by atoms with Crippen LogP contribution in [0, 0.1) is 0 Å². The molecule has 0 bridgehead atoms. The minimum atomic E-state index is -3.24. The predicted molar refractivity (Wildman–Crippen MR) is 63.4 cm³/mol. The highest BCUT2D eigenvalue weighted by atomic mass is 32.2. The third-order valence-corrected chi connectivity index (χ3v) is 4.94. The molecule has 0 spiro atoms. The van der Waals surface area contributed by atoms with Crippen LogP contribution in [0.5, 0.6) is 0 Å². The fourth-order valence-electron chi connectivity index (χ4n) is 2.34. The molecule has 2 N–H and O–H groups in total. The molecule has 2 aliphatic heterocycles. The average Bonchev–Trinajstić information content (AvgIpc) is 2.31. The van der Waals surface area contributed by atoms with Crippen LogP contribution in [0.15, 0.2) is 0 Å². The standard InChI is InChI=1S/C10H21N3O2S/c14-16(15,13-7-2-1-3-8-13)12-10-5-4-6-11-9-10/h10-12H,1-9H2. The van der Waals surface area contributed by atoms with Crippen molar-refractivity contribution in [2.75, 3.05) is 26.2 Å². The van der Waals surface area contributed by atoms with Gasteiger partial charge in [0.25, 0.3) is 10.2 Å². The number of hydrogen-bond donors (Lipinski definition) is 2. The summed E-state index contributed by atoms with van der Waals surface area (Å²) in [5.74, 6) is 0. The van der Waals surface area contributed by atoms with E-state index in [2.05, 4.69) is 10.0 Å². The molecule has 0 aromatic heterocycles. The van der Waals surface area contributed by atoms with Gasteiger partial charge in [0, 0.05) is 25.7 Å². The van der Waals surface area contributed by atoms with Gasteiger partial charge in [0.2, 0.25) is 0 Å². The van der Waals surface area contributed by atoms with E-state index in [0.29, 0.717) is 13.1 Å². The maximum Gasteiger partial charge on any atom is 0.279 e. The number of rotatable bonds is 3.